The van der Waals surface area contributed by atoms with Crippen molar-refractivity contribution in [3.05, 3.63) is 23.8 Å². The zero-order chi connectivity index (χ0) is 14.3. The van der Waals surface area contributed by atoms with Crippen molar-refractivity contribution in [2.45, 2.75) is 26.2 Å². The quantitative estimate of drug-likeness (QED) is 0.597. The molecule has 0 heterocycles. The van der Waals surface area contributed by atoms with Gasteiger partial charge < -0.3 is 20.6 Å². The van der Waals surface area contributed by atoms with E-state index in [0.717, 1.165) is 6.42 Å². The number of aliphatic hydroxyl groups is 1. The number of aromatic hydroxyl groups is 2. The van der Waals surface area contributed by atoms with Crippen LogP contribution in [-0.2, 0) is 11.2 Å². The molecule has 0 spiro atoms. The van der Waals surface area contributed by atoms with Crippen molar-refractivity contribution in [1.82, 2.24) is 5.32 Å². The van der Waals surface area contributed by atoms with Crippen LogP contribution in [0.5, 0.6) is 11.5 Å². The van der Waals surface area contributed by atoms with Gasteiger partial charge in [-0.2, -0.15) is 0 Å². The molecule has 0 saturated heterocycles. The molecule has 106 valence electrons. The monoisotopic (exact) mass is 267 g/mol. The summed E-state index contributed by atoms with van der Waals surface area (Å²) in [5, 5.41) is 30.7. The summed E-state index contributed by atoms with van der Waals surface area (Å²) in [6, 6.07) is 4.30. The van der Waals surface area contributed by atoms with Gasteiger partial charge in [-0.1, -0.05) is 13.0 Å². The number of carbonyl (C=O) groups is 1. The summed E-state index contributed by atoms with van der Waals surface area (Å²) >= 11 is 0. The normalized spacial score (nSPS) is 12.1. The summed E-state index contributed by atoms with van der Waals surface area (Å²) in [5.41, 5.74) is 0.586. The number of phenols is 2. The highest BCUT2D eigenvalue weighted by Gasteiger charge is 2.19. The third-order valence-corrected chi connectivity index (χ3v) is 2.93. The Balaban J connectivity index is 2.74. The minimum Gasteiger partial charge on any atom is -0.508 e. The third-order valence-electron chi connectivity index (χ3n) is 2.93. The molecule has 5 nitrogen and oxygen atoms in total. The highest BCUT2D eigenvalue weighted by atomic mass is 16.3. The van der Waals surface area contributed by atoms with Crippen LogP contribution in [0.2, 0.25) is 0 Å². The number of aliphatic hydroxyl groups excluding tert-OH is 1. The molecule has 1 aromatic rings. The van der Waals surface area contributed by atoms with Crippen molar-refractivity contribution in [2.75, 3.05) is 13.2 Å². The minimum absolute atomic E-state index is 0.0182. The molecular weight excluding hydrogens is 246 g/mol. The third kappa shape index (κ3) is 4.79. The van der Waals surface area contributed by atoms with E-state index in [-0.39, 0.29) is 29.9 Å². The number of hydrogen-bond acceptors (Lipinski definition) is 4. The SMILES string of the molecule is CCCNC(=O)C(CCO)Cc1ccc(O)cc1O. The van der Waals surface area contributed by atoms with Gasteiger partial charge in [0.1, 0.15) is 11.5 Å². The van der Waals surface area contributed by atoms with Gasteiger partial charge in [-0.15, -0.1) is 0 Å². The van der Waals surface area contributed by atoms with Gasteiger partial charge in [0, 0.05) is 25.1 Å². The highest BCUT2D eigenvalue weighted by Crippen LogP contribution is 2.25. The second-order valence-electron chi connectivity index (χ2n) is 4.52. The highest BCUT2D eigenvalue weighted by molar-refractivity contribution is 5.79. The fraction of sp³-hybridized carbons (Fsp3) is 0.500. The van der Waals surface area contributed by atoms with Crippen molar-refractivity contribution in [3.63, 3.8) is 0 Å². The first-order valence-corrected chi connectivity index (χ1v) is 6.47. The van der Waals surface area contributed by atoms with Gasteiger partial charge >= 0.3 is 0 Å². The zero-order valence-electron chi connectivity index (χ0n) is 11.1. The van der Waals surface area contributed by atoms with Crippen LogP contribution in [-0.4, -0.2) is 34.4 Å². The van der Waals surface area contributed by atoms with Gasteiger partial charge in [-0.05, 0) is 30.9 Å². The lowest BCUT2D eigenvalue weighted by Gasteiger charge is -2.16. The summed E-state index contributed by atoms with van der Waals surface area (Å²) in [5.74, 6) is -0.558. The van der Waals surface area contributed by atoms with E-state index in [1.54, 1.807) is 6.07 Å². The van der Waals surface area contributed by atoms with Gasteiger partial charge in [-0.25, -0.2) is 0 Å². The number of rotatable bonds is 7. The van der Waals surface area contributed by atoms with Crippen LogP contribution in [0.15, 0.2) is 18.2 Å². The van der Waals surface area contributed by atoms with Crippen LogP contribution in [0, 0.1) is 5.92 Å². The molecule has 1 aromatic carbocycles. The first-order valence-electron chi connectivity index (χ1n) is 6.47. The van der Waals surface area contributed by atoms with Gasteiger partial charge in [0.05, 0.1) is 0 Å². The van der Waals surface area contributed by atoms with Crippen molar-refractivity contribution < 1.29 is 20.1 Å². The molecule has 0 saturated carbocycles. The molecular formula is C14H21NO4. The lowest BCUT2D eigenvalue weighted by molar-refractivity contribution is -0.125. The summed E-state index contributed by atoms with van der Waals surface area (Å²) in [7, 11) is 0. The van der Waals surface area contributed by atoms with Crippen LogP contribution >= 0.6 is 0 Å². The Hall–Kier alpha value is -1.75. The zero-order valence-corrected chi connectivity index (χ0v) is 11.1. The molecule has 0 aliphatic heterocycles. The predicted molar refractivity (Wildman–Crippen MR) is 72.0 cm³/mol. The molecule has 5 heteroatoms. The summed E-state index contributed by atoms with van der Waals surface area (Å²) in [6.07, 6.45) is 1.53. The van der Waals surface area contributed by atoms with E-state index in [0.29, 0.717) is 24.9 Å². The molecule has 1 amide bonds. The Morgan fingerprint density at radius 2 is 2.11 bits per heavy atom. The average molecular weight is 267 g/mol. The van der Waals surface area contributed by atoms with Crippen LogP contribution in [0.3, 0.4) is 0 Å². The van der Waals surface area contributed by atoms with Crippen LogP contribution in [0.4, 0.5) is 0 Å². The van der Waals surface area contributed by atoms with E-state index in [1.807, 2.05) is 6.92 Å². The Morgan fingerprint density at radius 1 is 1.37 bits per heavy atom. The Morgan fingerprint density at radius 3 is 2.68 bits per heavy atom. The van der Waals surface area contributed by atoms with Crippen molar-refractivity contribution >= 4 is 5.91 Å². The number of benzene rings is 1. The van der Waals surface area contributed by atoms with Gasteiger partial charge in [0.2, 0.25) is 5.91 Å². The predicted octanol–water partition coefficient (Wildman–Crippen LogP) is 1.17. The first kappa shape index (κ1) is 15.3. The fourth-order valence-corrected chi connectivity index (χ4v) is 1.86. The van der Waals surface area contributed by atoms with E-state index in [9.17, 15) is 15.0 Å². The lowest BCUT2D eigenvalue weighted by atomic mass is 9.95. The second kappa shape index (κ2) is 7.63. The number of phenolic OH excluding ortho intramolecular Hbond substituents is 2. The molecule has 0 aliphatic carbocycles. The van der Waals surface area contributed by atoms with E-state index in [2.05, 4.69) is 5.32 Å². The molecule has 0 aromatic heterocycles. The summed E-state index contributed by atoms with van der Waals surface area (Å²) in [4.78, 5) is 11.9. The maximum atomic E-state index is 11.9. The largest absolute Gasteiger partial charge is 0.508 e. The number of hydrogen-bond donors (Lipinski definition) is 4. The van der Waals surface area contributed by atoms with Crippen molar-refractivity contribution in [3.8, 4) is 11.5 Å². The Bertz CT molecular complexity index is 420. The van der Waals surface area contributed by atoms with E-state index in [4.69, 9.17) is 5.11 Å². The van der Waals surface area contributed by atoms with Crippen LogP contribution in [0.25, 0.3) is 0 Å². The first-order chi connectivity index (χ1) is 9.08. The molecule has 0 radical (unpaired) electrons. The number of carbonyl (C=O) groups excluding carboxylic acids is 1. The van der Waals surface area contributed by atoms with E-state index in [1.165, 1.54) is 12.1 Å². The molecule has 1 rings (SSSR count). The second-order valence-corrected chi connectivity index (χ2v) is 4.52. The Kier molecular flexibility index (Phi) is 6.15. The molecule has 0 aliphatic rings. The van der Waals surface area contributed by atoms with Gasteiger partial charge in [0.15, 0.2) is 0 Å². The molecule has 0 fully saturated rings. The van der Waals surface area contributed by atoms with E-state index >= 15 is 0 Å². The minimum atomic E-state index is -0.382. The number of nitrogens with one attached hydrogen (secondary N) is 1. The average Bonchev–Trinajstić information content (AvgIpc) is 2.38. The van der Waals surface area contributed by atoms with E-state index < -0.39 is 0 Å². The van der Waals surface area contributed by atoms with Gasteiger partial charge in [-0.3, -0.25) is 4.79 Å². The molecule has 4 N–H and O–H groups in total. The molecule has 1 atom stereocenters. The fourth-order valence-electron chi connectivity index (χ4n) is 1.86. The maximum Gasteiger partial charge on any atom is 0.223 e. The molecule has 19 heavy (non-hydrogen) atoms. The smallest absolute Gasteiger partial charge is 0.223 e. The molecule has 0 bridgehead atoms. The lowest BCUT2D eigenvalue weighted by Crippen LogP contribution is -2.33. The molecule has 1 unspecified atom stereocenters. The van der Waals surface area contributed by atoms with Gasteiger partial charge in [0.25, 0.3) is 0 Å². The standard InChI is InChI=1S/C14H21NO4/c1-2-6-15-14(19)11(5-7-16)8-10-3-4-12(17)9-13(10)18/h3-4,9,11,16-18H,2,5-8H2,1H3,(H,15,19). The van der Waals surface area contributed by atoms with Crippen LogP contribution in [0.1, 0.15) is 25.3 Å². The maximum absolute atomic E-state index is 11.9. The summed E-state index contributed by atoms with van der Waals surface area (Å²) < 4.78 is 0. The topological polar surface area (TPSA) is 89.8 Å². The Labute approximate surface area is 112 Å². The van der Waals surface area contributed by atoms with Crippen molar-refractivity contribution in [2.24, 2.45) is 5.92 Å². The number of amides is 1. The van der Waals surface area contributed by atoms with Crippen LogP contribution < -0.4 is 5.32 Å². The summed E-state index contributed by atoms with van der Waals surface area (Å²) in [6.45, 7) is 2.48. The van der Waals surface area contributed by atoms with Crippen molar-refractivity contribution in [1.29, 1.82) is 0 Å².